The van der Waals surface area contributed by atoms with Gasteiger partial charge >= 0.3 is 0 Å². The van der Waals surface area contributed by atoms with Gasteiger partial charge in [-0.25, -0.2) is 0 Å². The highest BCUT2D eigenvalue weighted by atomic mass is 32.2. The molecule has 0 radical (unpaired) electrons. The van der Waals surface area contributed by atoms with E-state index in [1.54, 1.807) is 7.11 Å². The van der Waals surface area contributed by atoms with Gasteiger partial charge in [0.1, 0.15) is 0 Å². The van der Waals surface area contributed by atoms with E-state index in [0.29, 0.717) is 12.1 Å². The highest BCUT2D eigenvalue weighted by Crippen LogP contribution is 2.38. The smallest absolute Gasteiger partial charge is 0.0616 e. The van der Waals surface area contributed by atoms with Crippen LogP contribution in [-0.2, 0) is 4.74 Å². The largest absolute Gasteiger partial charge is 0.383 e. The SMILES string of the molecule is CCCC(COC)NC1CSc2ccccc21. The molecular formula is C14H21NOS. The molecule has 0 aliphatic carbocycles. The van der Waals surface area contributed by atoms with Crippen LogP contribution in [0.4, 0.5) is 0 Å². The Kier molecular flexibility index (Phi) is 4.89. The second-order valence-corrected chi connectivity index (χ2v) is 5.57. The van der Waals surface area contributed by atoms with Crippen molar-refractivity contribution in [1.29, 1.82) is 0 Å². The third-order valence-electron chi connectivity index (χ3n) is 3.14. The van der Waals surface area contributed by atoms with Gasteiger partial charge in [-0.1, -0.05) is 31.5 Å². The van der Waals surface area contributed by atoms with E-state index in [0.717, 1.165) is 12.4 Å². The van der Waals surface area contributed by atoms with Gasteiger partial charge in [0.2, 0.25) is 0 Å². The normalized spacial score (nSPS) is 20.2. The standard InChI is InChI=1S/C14H21NOS/c1-3-6-11(9-16-2)15-13-10-17-14-8-5-4-7-12(13)14/h4-5,7-8,11,13,15H,3,6,9-10H2,1-2H3. The van der Waals surface area contributed by atoms with E-state index in [9.17, 15) is 0 Å². The van der Waals surface area contributed by atoms with Crippen LogP contribution >= 0.6 is 11.8 Å². The summed E-state index contributed by atoms with van der Waals surface area (Å²) in [4.78, 5) is 1.43. The quantitative estimate of drug-likeness (QED) is 0.838. The van der Waals surface area contributed by atoms with Crippen molar-refractivity contribution in [3.8, 4) is 0 Å². The highest BCUT2D eigenvalue weighted by Gasteiger charge is 2.24. The van der Waals surface area contributed by atoms with E-state index in [1.807, 2.05) is 11.8 Å². The topological polar surface area (TPSA) is 21.3 Å². The zero-order valence-corrected chi connectivity index (χ0v) is 11.4. The van der Waals surface area contributed by atoms with Gasteiger partial charge in [-0.2, -0.15) is 0 Å². The zero-order valence-electron chi connectivity index (χ0n) is 10.6. The van der Waals surface area contributed by atoms with E-state index in [4.69, 9.17) is 4.74 Å². The molecule has 94 valence electrons. The molecule has 0 aromatic heterocycles. The molecule has 3 heteroatoms. The lowest BCUT2D eigenvalue weighted by Gasteiger charge is -2.22. The summed E-state index contributed by atoms with van der Waals surface area (Å²) in [6.45, 7) is 3.03. The number of ether oxygens (including phenoxy) is 1. The number of hydrogen-bond donors (Lipinski definition) is 1. The Hall–Kier alpha value is -0.510. The molecule has 0 saturated carbocycles. The van der Waals surface area contributed by atoms with Crippen molar-refractivity contribution >= 4 is 11.8 Å². The number of nitrogens with one attached hydrogen (secondary N) is 1. The Labute approximate surface area is 108 Å². The third-order valence-corrected chi connectivity index (χ3v) is 4.32. The number of thioether (sulfide) groups is 1. The van der Waals surface area contributed by atoms with E-state index in [2.05, 4.69) is 36.5 Å². The lowest BCUT2D eigenvalue weighted by molar-refractivity contribution is 0.157. The monoisotopic (exact) mass is 251 g/mol. The van der Waals surface area contributed by atoms with Crippen LogP contribution in [0, 0.1) is 0 Å². The summed E-state index contributed by atoms with van der Waals surface area (Å²) >= 11 is 1.95. The molecule has 0 amide bonds. The van der Waals surface area contributed by atoms with Gasteiger partial charge in [-0.3, -0.25) is 0 Å². The lowest BCUT2D eigenvalue weighted by Crippen LogP contribution is -2.36. The molecule has 0 saturated heterocycles. The van der Waals surface area contributed by atoms with Crippen LogP contribution in [0.5, 0.6) is 0 Å². The molecule has 1 heterocycles. The average molecular weight is 251 g/mol. The molecule has 0 bridgehead atoms. The predicted octanol–water partition coefficient (Wildman–Crippen LogP) is 3.24. The summed E-state index contributed by atoms with van der Waals surface area (Å²) < 4.78 is 5.29. The molecule has 1 aromatic rings. The maximum Gasteiger partial charge on any atom is 0.0616 e. The molecule has 2 nitrogen and oxygen atoms in total. The maximum absolute atomic E-state index is 5.29. The van der Waals surface area contributed by atoms with E-state index in [1.165, 1.54) is 23.3 Å². The Morgan fingerprint density at radius 2 is 2.29 bits per heavy atom. The van der Waals surface area contributed by atoms with Crippen LogP contribution in [0.1, 0.15) is 31.4 Å². The first-order chi connectivity index (χ1) is 8.35. The molecule has 1 N–H and O–H groups in total. The minimum absolute atomic E-state index is 0.474. The Morgan fingerprint density at radius 3 is 3.06 bits per heavy atom. The predicted molar refractivity (Wildman–Crippen MR) is 73.6 cm³/mol. The minimum Gasteiger partial charge on any atom is -0.383 e. The molecule has 0 fully saturated rings. The molecule has 17 heavy (non-hydrogen) atoms. The Morgan fingerprint density at radius 1 is 1.47 bits per heavy atom. The number of hydrogen-bond acceptors (Lipinski definition) is 3. The van der Waals surface area contributed by atoms with Gasteiger partial charge in [0.15, 0.2) is 0 Å². The summed E-state index contributed by atoms with van der Waals surface area (Å²) in [5.41, 5.74) is 1.45. The van der Waals surface area contributed by atoms with Crippen LogP contribution in [-0.4, -0.2) is 25.5 Å². The minimum atomic E-state index is 0.474. The second kappa shape index (κ2) is 6.43. The highest BCUT2D eigenvalue weighted by molar-refractivity contribution is 7.99. The fraction of sp³-hybridized carbons (Fsp3) is 0.571. The van der Waals surface area contributed by atoms with Crippen molar-refractivity contribution in [2.75, 3.05) is 19.5 Å². The third kappa shape index (κ3) is 3.24. The van der Waals surface area contributed by atoms with Crippen molar-refractivity contribution in [3.63, 3.8) is 0 Å². The fourth-order valence-corrected chi connectivity index (χ4v) is 3.52. The lowest BCUT2D eigenvalue weighted by atomic mass is 10.1. The first kappa shape index (κ1) is 12.9. The molecule has 1 aromatic carbocycles. The fourth-order valence-electron chi connectivity index (χ4n) is 2.35. The summed E-state index contributed by atoms with van der Waals surface area (Å²) in [5.74, 6) is 1.14. The van der Waals surface area contributed by atoms with Gasteiger partial charge in [0.05, 0.1) is 6.61 Å². The van der Waals surface area contributed by atoms with Crippen molar-refractivity contribution in [3.05, 3.63) is 29.8 Å². The van der Waals surface area contributed by atoms with Crippen molar-refractivity contribution < 1.29 is 4.74 Å². The maximum atomic E-state index is 5.29. The first-order valence-electron chi connectivity index (χ1n) is 6.31. The molecule has 1 aliphatic rings. The molecule has 2 unspecified atom stereocenters. The average Bonchev–Trinajstić information content (AvgIpc) is 2.74. The Balaban J connectivity index is 1.99. The number of rotatable bonds is 6. The van der Waals surface area contributed by atoms with Crippen LogP contribution in [0.3, 0.4) is 0 Å². The summed E-state index contributed by atoms with van der Waals surface area (Å²) in [6.07, 6.45) is 2.37. The van der Waals surface area contributed by atoms with Crippen molar-refractivity contribution in [2.45, 2.75) is 36.7 Å². The zero-order chi connectivity index (χ0) is 12.1. The van der Waals surface area contributed by atoms with Gasteiger partial charge in [0.25, 0.3) is 0 Å². The molecule has 0 spiro atoms. The van der Waals surface area contributed by atoms with Gasteiger partial charge in [0, 0.05) is 29.8 Å². The first-order valence-corrected chi connectivity index (χ1v) is 7.30. The summed E-state index contributed by atoms with van der Waals surface area (Å²) in [6, 6.07) is 9.66. The van der Waals surface area contributed by atoms with Crippen molar-refractivity contribution in [1.82, 2.24) is 5.32 Å². The van der Waals surface area contributed by atoms with Crippen LogP contribution in [0.25, 0.3) is 0 Å². The van der Waals surface area contributed by atoms with Gasteiger partial charge in [-0.15, -0.1) is 11.8 Å². The van der Waals surface area contributed by atoms with Crippen LogP contribution in [0.2, 0.25) is 0 Å². The van der Waals surface area contributed by atoms with Crippen molar-refractivity contribution in [2.24, 2.45) is 0 Å². The molecular weight excluding hydrogens is 230 g/mol. The number of fused-ring (bicyclic) bond motifs is 1. The summed E-state index contributed by atoms with van der Waals surface area (Å²) in [7, 11) is 1.78. The number of methoxy groups -OCH3 is 1. The molecule has 2 rings (SSSR count). The molecule has 2 atom stereocenters. The van der Waals surface area contributed by atoms with Gasteiger partial charge < -0.3 is 10.1 Å². The Bertz CT molecular complexity index is 350. The van der Waals surface area contributed by atoms with E-state index >= 15 is 0 Å². The van der Waals surface area contributed by atoms with Crippen LogP contribution in [0.15, 0.2) is 29.2 Å². The van der Waals surface area contributed by atoms with Crippen LogP contribution < -0.4 is 5.32 Å². The summed E-state index contributed by atoms with van der Waals surface area (Å²) in [5, 5.41) is 3.73. The number of benzene rings is 1. The molecule has 1 aliphatic heterocycles. The van der Waals surface area contributed by atoms with Gasteiger partial charge in [-0.05, 0) is 18.1 Å². The van der Waals surface area contributed by atoms with E-state index in [-0.39, 0.29) is 0 Å². The second-order valence-electron chi connectivity index (χ2n) is 4.51. The van der Waals surface area contributed by atoms with E-state index < -0.39 is 0 Å².